The molecule has 22 heavy (non-hydrogen) atoms. The van der Waals surface area contributed by atoms with Crippen LogP contribution in [0.3, 0.4) is 0 Å². The van der Waals surface area contributed by atoms with E-state index in [2.05, 4.69) is 17.5 Å². The third kappa shape index (κ3) is 3.48. The first-order chi connectivity index (χ1) is 10.6. The lowest BCUT2D eigenvalue weighted by Gasteiger charge is -2.26. The summed E-state index contributed by atoms with van der Waals surface area (Å²) < 4.78 is 26.3. The van der Waals surface area contributed by atoms with Crippen LogP contribution in [-0.4, -0.2) is 22.7 Å². The van der Waals surface area contributed by atoms with Crippen molar-refractivity contribution < 1.29 is 8.78 Å². The lowest BCUT2D eigenvalue weighted by molar-refractivity contribution is 0.333. The number of halogens is 2. The Balaban J connectivity index is 1.70. The number of rotatable bonds is 2. The molecule has 3 rings (SSSR count). The first-order valence-electron chi connectivity index (χ1n) is 7.62. The Bertz CT molecular complexity index is 615. The van der Waals surface area contributed by atoms with Crippen LogP contribution in [0.2, 0.25) is 0 Å². The van der Waals surface area contributed by atoms with Gasteiger partial charge in [0.25, 0.3) is 0 Å². The number of hydrogen-bond acceptors (Lipinski definition) is 3. The molecule has 2 aliphatic rings. The van der Waals surface area contributed by atoms with E-state index in [-0.39, 0.29) is 0 Å². The average molecular weight is 323 g/mol. The molecule has 0 bridgehead atoms. The van der Waals surface area contributed by atoms with Gasteiger partial charge >= 0.3 is 0 Å². The SMILES string of the molecule is CC1CCCCC1N=C1NN=C(c2ccc(F)c(F)c2)CS1. The van der Waals surface area contributed by atoms with Crippen molar-refractivity contribution in [1.82, 2.24) is 5.43 Å². The Morgan fingerprint density at radius 3 is 2.73 bits per heavy atom. The minimum absolute atomic E-state index is 0.365. The van der Waals surface area contributed by atoms with E-state index in [0.29, 0.717) is 29.0 Å². The molecule has 1 aromatic rings. The molecule has 1 aromatic carbocycles. The summed E-state index contributed by atoms with van der Waals surface area (Å²) in [4.78, 5) is 4.76. The summed E-state index contributed by atoms with van der Waals surface area (Å²) in [6, 6.07) is 4.22. The highest BCUT2D eigenvalue weighted by Crippen LogP contribution is 2.27. The lowest BCUT2D eigenvalue weighted by atomic mass is 9.86. The van der Waals surface area contributed by atoms with E-state index in [4.69, 9.17) is 4.99 Å². The van der Waals surface area contributed by atoms with E-state index in [9.17, 15) is 8.78 Å². The number of hydrazone groups is 1. The second kappa shape index (κ2) is 6.77. The Hall–Kier alpha value is -1.43. The molecule has 6 heteroatoms. The van der Waals surface area contributed by atoms with Gasteiger partial charge < -0.3 is 0 Å². The molecular formula is C16H19F2N3S. The normalized spacial score (nSPS) is 27.4. The zero-order chi connectivity index (χ0) is 15.5. The smallest absolute Gasteiger partial charge is 0.177 e. The molecule has 118 valence electrons. The molecular weight excluding hydrogens is 304 g/mol. The van der Waals surface area contributed by atoms with Crippen LogP contribution in [-0.2, 0) is 0 Å². The van der Waals surface area contributed by atoms with Crippen molar-refractivity contribution in [3.05, 3.63) is 35.4 Å². The minimum atomic E-state index is -0.847. The minimum Gasteiger partial charge on any atom is -0.258 e. The van der Waals surface area contributed by atoms with E-state index >= 15 is 0 Å². The Labute approximate surface area is 133 Å². The van der Waals surface area contributed by atoms with Crippen molar-refractivity contribution in [3.8, 4) is 0 Å². The molecule has 1 N–H and O–H groups in total. The molecule has 0 radical (unpaired) electrons. The van der Waals surface area contributed by atoms with Crippen LogP contribution in [0.4, 0.5) is 8.78 Å². The maximum Gasteiger partial charge on any atom is 0.177 e. The molecule has 3 nitrogen and oxygen atoms in total. The number of nitrogens with zero attached hydrogens (tertiary/aromatic N) is 2. The van der Waals surface area contributed by atoms with Crippen LogP contribution in [0.5, 0.6) is 0 Å². The van der Waals surface area contributed by atoms with E-state index in [1.54, 1.807) is 17.8 Å². The van der Waals surface area contributed by atoms with Gasteiger partial charge in [0.2, 0.25) is 0 Å². The quantitative estimate of drug-likeness (QED) is 0.895. The number of hydrogen-bond donors (Lipinski definition) is 1. The van der Waals surface area contributed by atoms with Crippen LogP contribution >= 0.6 is 11.8 Å². The average Bonchev–Trinajstić information content (AvgIpc) is 2.53. The van der Waals surface area contributed by atoms with Gasteiger partial charge in [0.05, 0.1) is 11.8 Å². The summed E-state index contributed by atoms with van der Waals surface area (Å²) in [5.74, 6) is -0.465. The number of aliphatic imine (C=N–C) groups is 1. The number of amidine groups is 1. The fraction of sp³-hybridized carbons (Fsp3) is 0.500. The molecule has 1 heterocycles. The van der Waals surface area contributed by atoms with Crippen molar-refractivity contribution in [2.75, 3.05) is 5.75 Å². The third-order valence-electron chi connectivity index (χ3n) is 4.23. The molecule has 1 aliphatic heterocycles. The van der Waals surface area contributed by atoms with Gasteiger partial charge in [-0.3, -0.25) is 10.4 Å². The van der Waals surface area contributed by atoms with E-state index in [1.165, 1.54) is 25.3 Å². The summed E-state index contributed by atoms with van der Waals surface area (Å²) in [6.45, 7) is 2.25. The van der Waals surface area contributed by atoms with Gasteiger partial charge in [-0.05, 0) is 37.0 Å². The van der Waals surface area contributed by atoms with Crippen LogP contribution in [0.1, 0.15) is 38.2 Å². The van der Waals surface area contributed by atoms with E-state index < -0.39 is 11.6 Å². The summed E-state index contributed by atoms with van der Waals surface area (Å²) in [5.41, 5.74) is 4.26. The van der Waals surface area contributed by atoms with Gasteiger partial charge in [-0.25, -0.2) is 8.78 Å². The van der Waals surface area contributed by atoms with Crippen molar-refractivity contribution in [2.24, 2.45) is 16.0 Å². The van der Waals surface area contributed by atoms with Crippen molar-refractivity contribution in [3.63, 3.8) is 0 Å². The molecule has 0 aromatic heterocycles. The molecule has 0 spiro atoms. The molecule has 1 aliphatic carbocycles. The van der Waals surface area contributed by atoms with Gasteiger partial charge in [0, 0.05) is 11.3 Å². The Morgan fingerprint density at radius 1 is 1.23 bits per heavy atom. The Kier molecular flexibility index (Phi) is 4.76. The highest BCUT2D eigenvalue weighted by Gasteiger charge is 2.22. The summed E-state index contributed by atoms with van der Waals surface area (Å²) in [7, 11) is 0. The van der Waals surface area contributed by atoms with Crippen molar-refractivity contribution in [1.29, 1.82) is 0 Å². The highest BCUT2D eigenvalue weighted by molar-refractivity contribution is 8.14. The number of thioether (sulfide) groups is 1. The fourth-order valence-corrected chi connectivity index (χ4v) is 3.67. The predicted octanol–water partition coefficient (Wildman–Crippen LogP) is 3.94. The molecule has 2 unspecified atom stereocenters. The number of nitrogens with one attached hydrogen (secondary N) is 1. The monoisotopic (exact) mass is 323 g/mol. The molecule has 0 saturated heterocycles. The lowest BCUT2D eigenvalue weighted by Crippen LogP contribution is -2.29. The van der Waals surface area contributed by atoms with Crippen LogP contribution in [0.15, 0.2) is 28.3 Å². The van der Waals surface area contributed by atoms with Gasteiger partial charge in [0.15, 0.2) is 16.8 Å². The third-order valence-corrected chi connectivity index (χ3v) is 5.12. The highest BCUT2D eigenvalue weighted by atomic mass is 32.2. The largest absolute Gasteiger partial charge is 0.258 e. The van der Waals surface area contributed by atoms with Crippen molar-refractivity contribution >= 4 is 22.6 Å². The zero-order valence-electron chi connectivity index (χ0n) is 12.5. The van der Waals surface area contributed by atoms with Crippen molar-refractivity contribution in [2.45, 2.75) is 38.6 Å². The van der Waals surface area contributed by atoms with Gasteiger partial charge in [-0.2, -0.15) is 5.10 Å². The van der Waals surface area contributed by atoms with Gasteiger partial charge in [0.1, 0.15) is 0 Å². The fourth-order valence-electron chi connectivity index (χ4n) is 2.85. The van der Waals surface area contributed by atoms with Crippen LogP contribution < -0.4 is 5.43 Å². The maximum atomic E-state index is 13.3. The zero-order valence-corrected chi connectivity index (χ0v) is 13.3. The summed E-state index contributed by atoms with van der Waals surface area (Å²) in [5, 5.41) is 5.09. The second-order valence-corrected chi connectivity index (χ2v) is 6.82. The molecule has 1 fully saturated rings. The van der Waals surface area contributed by atoms with Crippen LogP contribution in [0.25, 0.3) is 0 Å². The first-order valence-corrected chi connectivity index (χ1v) is 8.60. The first kappa shape index (κ1) is 15.5. The topological polar surface area (TPSA) is 36.8 Å². The predicted molar refractivity (Wildman–Crippen MR) is 87.3 cm³/mol. The molecule has 2 atom stereocenters. The summed E-state index contributed by atoms with van der Waals surface area (Å²) in [6.07, 6.45) is 4.89. The van der Waals surface area contributed by atoms with E-state index in [0.717, 1.165) is 17.7 Å². The summed E-state index contributed by atoms with van der Waals surface area (Å²) >= 11 is 1.56. The van der Waals surface area contributed by atoms with E-state index in [1.807, 2.05) is 0 Å². The van der Waals surface area contributed by atoms with Crippen LogP contribution in [0, 0.1) is 17.6 Å². The maximum absolute atomic E-state index is 13.3. The molecule has 1 saturated carbocycles. The van der Waals surface area contributed by atoms with Gasteiger partial charge in [-0.15, -0.1) is 0 Å². The molecule has 0 amide bonds. The van der Waals surface area contributed by atoms with Gasteiger partial charge in [-0.1, -0.05) is 31.5 Å². The Morgan fingerprint density at radius 2 is 2.05 bits per heavy atom. The number of benzene rings is 1. The standard InChI is InChI=1S/C16H19F2N3S/c1-10-4-2-3-5-14(10)19-16-21-20-15(9-22-16)11-6-7-12(17)13(18)8-11/h6-8,10,14H,2-5,9H2,1H3,(H,19,21). The second-order valence-electron chi connectivity index (χ2n) is 5.85.